The molecule has 1 aliphatic heterocycles. The summed E-state index contributed by atoms with van der Waals surface area (Å²) < 4.78 is 10.6. The molecule has 0 spiro atoms. The van der Waals surface area contributed by atoms with E-state index < -0.39 is 0 Å². The summed E-state index contributed by atoms with van der Waals surface area (Å²) in [5, 5.41) is 2.87. The highest BCUT2D eigenvalue weighted by molar-refractivity contribution is 6.33. The van der Waals surface area contributed by atoms with Crippen molar-refractivity contribution in [2.75, 3.05) is 43.4 Å². The molecule has 8 nitrogen and oxygen atoms in total. The smallest absolute Gasteiger partial charge is 0.282 e. The van der Waals surface area contributed by atoms with Crippen molar-refractivity contribution < 1.29 is 19.1 Å². The molecule has 0 atom stereocenters. The molecule has 4 aromatic rings. The summed E-state index contributed by atoms with van der Waals surface area (Å²) in [4.78, 5) is 35.1. The number of hydrogen-bond donors (Lipinski definition) is 1. The molecule has 0 unspecified atom stereocenters. The molecule has 1 aliphatic rings. The van der Waals surface area contributed by atoms with Crippen molar-refractivity contribution in [3.05, 3.63) is 119 Å². The number of aliphatic imine (C=N–C) groups is 1. The zero-order chi connectivity index (χ0) is 28.9. The van der Waals surface area contributed by atoms with Gasteiger partial charge in [-0.1, -0.05) is 42.5 Å². The Morgan fingerprint density at radius 2 is 1.59 bits per heavy atom. The number of nitrogens with one attached hydrogen (secondary N) is 1. The van der Waals surface area contributed by atoms with E-state index in [9.17, 15) is 9.59 Å². The number of nitrogens with zero attached hydrogens (tertiary/aromatic N) is 3. The molecule has 0 saturated carbocycles. The molecule has 0 fully saturated rings. The lowest BCUT2D eigenvalue weighted by molar-refractivity contribution is -0.113. The lowest BCUT2D eigenvalue weighted by Crippen LogP contribution is -2.32. The van der Waals surface area contributed by atoms with Crippen LogP contribution in [0, 0.1) is 0 Å². The Morgan fingerprint density at radius 1 is 0.878 bits per heavy atom. The zero-order valence-corrected chi connectivity index (χ0v) is 23.3. The Hall–Kier alpha value is -5.37. The highest BCUT2D eigenvalue weighted by Gasteiger charge is 2.32. The van der Waals surface area contributed by atoms with Crippen molar-refractivity contribution >= 4 is 40.8 Å². The summed E-state index contributed by atoms with van der Waals surface area (Å²) in [7, 11) is 7.05. The molecule has 4 aromatic carbocycles. The van der Waals surface area contributed by atoms with Crippen LogP contribution in [0.15, 0.2) is 108 Å². The van der Waals surface area contributed by atoms with Crippen LogP contribution in [-0.2, 0) is 4.79 Å². The number of ether oxygens (including phenoxy) is 2. The third kappa shape index (κ3) is 5.81. The number of anilines is 3. The van der Waals surface area contributed by atoms with E-state index in [4.69, 9.17) is 14.5 Å². The Bertz CT molecular complexity index is 1630. The molecule has 0 aromatic heterocycles. The van der Waals surface area contributed by atoms with Gasteiger partial charge < -0.3 is 19.7 Å². The predicted molar refractivity (Wildman–Crippen MR) is 163 cm³/mol. The van der Waals surface area contributed by atoms with Gasteiger partial charge in [-0.05, 0) is 60.2 Å². The fraction of sp³-hybridized carbons (Fsp3) is 0.121. The fourth-order valence-electron chi connectivity index (χ4n) is 4.43. The van der Waals surface area contributed by atoms with Crippen LogP contribution in [0.3, 0.4) is 0 Å². The number of rotatable bonds is 8. The summed E-state index contributed by atoms with van der Waals surface area (Å²) >= 11 is 0. The van der Waals surface area contributed by atoms with Crippen LogP contribution < -0.4 is 24.6 Å². The molecule has 0 aliphatic carbocycles. The van der Waals surface area contributed by atoms with Crippen LogP contribution in [0.4, 0.5) is 17.1 Å². The lowest BCUT2D eigenvalue weighted by Gasteiger charge is -2.19. The van der Waals surface area contributed by atoms with Gasteiger partial charge in [-0.2, -0.15) is 0 Å². The molecule has 5 rings (SSSR count). The van der Waals surface area contributed by atoms with E-state index >= 15 is 0 Å². The SMILES string of the molecule is COc1ccc(OC)c(NC(=O)c2ccc(N3C(=O)C(=Cc4ccc(N(C)C)cc4)N=C3c3ccccc3)cc2)c1. The van der Waals surface area contributed by atoms with Crippen molar-refractivity contribution in [2.24, 2.45) is 4.99 Å². The van der Waals surface area contributed by atoms with E-state index in [0.29, 0.717) is 40.0 Å². The Morgan fingerprint density at radius 3 is 2.22 bits per heavy atom. The number of carbonyl (C=O) groups excluding carboxylic acids is 2. The number of benzene rings is 4. The Labute approximate surface area is 239 Å². The van der Waals surface area contributed by atoms with Crippen molar-refractivity contribution in [3.8, 4) is 11.5 Å². The average molecular weight is 547 g/mol. The Kier molecular flexibility index (Phi) is 7.83. The normalized spacial score (nSPS) is 13.7. The van der Waals surface area contributed by atoms with Crippen LogP contribution in [0.2, 0.25) is 0 Å². The van der Waals surface area contributed by atoms with Gasteiger partial charge in [0.25, 0.3) is 11.8 Å². The molecule has 8 heteroatoms. The largest absolute Gasteiger partial charge is 0.497 e. The maximum absolute atomic E-state index is 13.7. The van der Waals surface area contributed by atoms with Gasteiger partial charge in [0.15, 0.2) is 0 Å². The summed E-state index contributed by atoms with van der Waals surface area (Å²) in [5.41, 5.74) is 4.57. The number of amidine groups is 1. The molecule has 0 radical (unpaired) electrons. The van der Waals surface area contributed by atoms with Gasteiger partial charge in [0.2, 0.25) is 0 Å². The highest BCUT2D eigenvalue weighted by atomic mass is 16.5. The third-order valence-corrected chi connectivity index (χ3v) is 6.65. The summed E-state index contributed by atoms with van der Waals surface area (Å²) in [6.07, 6.45) is 1.79. The van der Waals surface area contributed by atoms with Crippen molar-refractivity contribution in [3.63, 3.8) is 0 Å². The maximum Gasteiger partial charge on any atom is 0.282 e. The van der Waals surface area contributed by atoms with Crippen molar-refractivity contribution in [2.45, 2.75) is 0 Å². The van der Waals surface area contributed by atoms with Crippen LogP contribution in [0.5, 0.6) is 11.5 Å². The minimum Gasteiger partial charge on any atom is -0.497 e. The molecule has 1 N–H and O–H groups in total. The number of carbonyl (C=O) groups is 2. The molecule has 206 valence electrons. The van der Waals surface area contributed by atoms with E-state index in [2.05, 4.69) is 5.32 Å². The van der Waals surface area contributed by atoms with E-state index in [1.165, 1.54) is 7.11 Å². The molecule has 0 bridgehead atoms. The second-order valence-electron chi connectivity index (χ2n) is 9.52. The zero-order valence-electron chi connectivity index (χ0n) is 23.3. The van der Waals surface area contributed by atoms with Crippen molar-refractivity contribution in [1.82, 2.24) is 0 Å². The quantitative estimate of drug-likeness (QED) is 0.280. The molecule has 0 saturated heterocycles. The van der Waals surface area contributed by atoms with Gasteiger partial charge in [-0.25, -0.2) is 4.99 Å². The van der Waals surface area contributed by atoms with Gasteiger partial charge in [0.1, 0.15) is 23.0 Å². The number of amides is 2. The van der Waals surface area contributed by atoms with Crippen molar-refractivity contribution in [1.29, 1.82) is 0 Å². The van der Waals surface area contributed by atoms with Gasteiger partial charge in [-0.15, -0.1) is 0 Å². The first kappa shape index (κ1) is 27.2. The van der Waals surface area contributed by atoms with Gasteiger partial charge in [0, 0.05) is 37.0 Å². The summed E-state index contributed by atoms with van der Waals surface area (Å²) in [6.45, 7) is 0. The van der Waals surface area contributed by atoms with E-state index in [1.807, 2.05) is 73.6 Å². The molecule has 2 amide bonds. The first-order valence-corrected chi connectivity index (χ1v) is 13.0. The minimum atomic E-state index is -0.324. The van der Waals surface area contributed by atoms with Gasteiger partial charge >= 0.3 is 0 Å². The minimum absolute atomic E-state index is 0.251. The van der Waals surface area contributed by atoms with Crippen LogP contribution in [0.1, 0.15) is 21.5 Å². The van der Waals surface area contributed by atoms with E-state index in [1.54, 1.807) is 60.6 Å². The molecular weight excluding hydrogens is 516 g/mol. The second kappa shape index (κ2) is 11.8. The first-order chi connectivity index (χ1) is 19.9. The monoisotopic (exact) mass is 546 g/mol. The molecular formula is C33H30N4O4. The van der Waals surface area contributed by atoms with Gasteiger partial charge in [-0.3, -0.25) is 14.5 Å². The van der Waals surface area contributed by atoms with E-state index in [0.717, 1.165) is 16.8 Å². The average Bonchev–Trinajstić information content (AvgIpc) is 3.33. The molecule has 41 heavy (non-hydrogen) atoms. The first-order valence-electron chi connectivity index (χ1n) is 13.0. The van der Waals surface area contributed by atoms with Crippen LogP contribution in [-0.4, -0.2) is 46.0 Å². The standard InChI is InChI=1S/C33H30N4O4/c1-36(2)25-14-10-22(11-15-25)20-29-33(39)37(31(34-29)23-8-6-5-7-9-23)26-16-12-24(13-17-26)32(38)35-28-21-27(40-3)18-19-30(28)41-4/h5-21H,1-4H3,(H,35,38). The number of hydrogen-bond acceptors (Lipinski definition) is 6. The topological polar surface area (TPSA) is 83.5 Å². The summed E-state index contributed by atoms with van der Waals surface area (Å²) in [5.74, 6) is 1.05. The third-order valence-electron chi connectivity index (χ3n) is 6.65. The Balaban J connectivity index is 1.43. The van der Waals surface area contributed by atoms with Crippen LogP contribution >= 0.6 is 0 Å². The molecule has 1 heterocycles. The van der Waals surface area contributed by atoms with Crippen LogP contribution in [0.25, 0.3) is 6.08 Å². The maximum atomic E-state index is 13.7. The van der Waals surface area contributed by atoms with E-state index in [-0.39, 0.29) is 11.8 Å². The number of methoxy groups -OCH3 is 2. The predicted octanol–water partition coefficient (Wildman–Crippen LogP) is 5.86. The highest BCUT2D eigenvalue weighted by Crippen LogP contribution is 2.31. The van der Waals surface area contributed by atoms with Gasteiger partial charge in [0.05, 0.1) is 25.6 Å². The summed E-state index contributed by atoms with van der Waals surface area (Å²) in [6, 6.07) is 29.5. The lowest BCUT2D eigenvalue weighted by atomic mass is 10.1. The second-order valence-corrected chi connectivity index (χ2v) is 9.52. The fourth-order valence-corrected chi connectivity index (χ4v) is 4.43.